The van der Waals surface area contributed by atoms with Crippen molar-refractivity contribution in [3.63, 3.8) is 0 Å². The van der Waals surface area contributed by atoms with Crippen molar-refractivity contribution in [1.82, 2.24) is 4.57 Å². The first-order chi connectivity index (χ1) is 11.7. The molecule has 0 radical (unpaired) electrons. The molecule has 120 valence electrons. The number of aromatic nitrogens is 1. The number of methoxy groups -OCH3 is 1. The van der Waals surface area contributed by atoms with Crippen LogP contribution in [0.1, 0.15) is 16.1 Å². The number of rotatable bonds is 4. The third kappa shape index (κ3) is 3.35. The maximum atomic E-state index is 11.6. The van der Waals surface area contributed by atoms with Gasteiger partial charge in [-0.3, -0.25) is 4.99 Å². The van der Waals surface area contributed by atoms with E-state index in [0.717, 1.165) is 11.4 Å². The summed E-state index contributed by atoms with van der Waals surface area (Å²) in [6, 6.07) is 17.7. The predicted molar refractivity (Wildman–Crippen MR) is 92.5 cm³/mol. The number of phenols is 1. The molecule has 0 saturated heterocycles. The third-order valence-corrected chi connectivity index (χ3v) is 3.52. The van der Waals surface area contributed by atoms with Gasteiger partial charge in [-0.25, -0.2) is 4.79 Å². The summed E-state index contributed by atoms with van der Waals surface area (Å²) in [6.07, 6.45) is 3.64. The summed E-state index contributed by atoms with van der Waals surface area (Å²) in [6.45, 7) is 0. The van der Waals surface area contributed by atoms with Crippen molar-refractivity contribution in [2.75, 3.05) is 7.11 Å². The monoisotopic (exact) mass is 320 g/mol. The second kappa shape index (κ2) is 6.83. The number of esters is 1. The molecule has 1 N–H and O–H groups in total. The van der Waals surface area contributed by atoms with Gasteiger partial charge in [-0.15, -0.1) is 0 Å². The lowest BCUT2D eigenvalue weighted by Gasteiger charge is -2.06. The predicted octanol–water partition coefficient (Wildman–Crippen LogP) is 3.72. The van der Waals surface area contributed by atoms with Gasteiger partial charge < -0.3 is 14.4 Å². The zero-order chi connectivity index (χ0) is 16.9. The van der Waals surface area contributed by atoms with Crippen molar-refractivity contribution in [2.45, 2.75) is 0 Å². The Morgan fingerprint density at radius 2 is 1.92 bits per heavy atom. The zero-order valence-electron chi connectivity index (χ0n) is 13.1. The van der Waals surface area contributed by atoms with Crippen LogP contribution in [0.4, 0.5) is 5.69 Å². The van der Waals surface area contributed by atoms with Crippen LogP contribution < -0.4 is 0 Å². The Bertz CT molecular complexity index is 880. The first-order valence-electron chi connectivity index (χ1n) is 7.36. The van der Waals surface area contributed by atoms with Crippen LogP contribution in [0, 0.1) is 0 Å². The van der Waals surface area contributed by atoms with Crippen LogP contribution in [-0.4, -0.2) is 29.0 Å². The van der Waals surface area contributed by atoms with E-state index in [1.165, 1.54) is 7.11 Å². The first kappa shape index (κ1) is 15.6. The second-order valence-corrected chi connectivity index (χ2v) is 5.12. The topological polar surface area (TPSA) is 63.8 Å². The molecule has 1 heterocycles. The lowest BCUT2D eigenvalue weighted by atomic mass is 10.2. The number of ether oxygens (including phenoxy) is 1. The molecule has 5 nitrogen and oxygen atoms in total. The SMILES string of the molecule is COC(=O)c1cccc(N=Cc2cccn2-c2ccc(O)cc2)c1. The van der Waals surface area contributed by atoms with Crippen molar-refractivity contribution < 1.29 is 14.6 Å². The van der Waals surface area contributed by atoms with E-state index < -0.39 is 0 Å². The standard InChI is InChI=1S/C19H16N2O3/c1-24-19(23)14-4-2-5-15(12-14)20-13-17-6-3-11-21(17)16-7-9-18(22)10-8-16/h2-13,22H,1H3. The number of nitrogens with zero attached hydrogens (tertiary/aromatic N) is 2. The number of phenolic OH excluding ortho intramolecular Hbond substituents is 1. The zero-order valence-corrected chi connectivity index (χ0v) is 13.1. The normalized spacial score (nSPS) is 10.9. The average molecular weight is 320 g/mol. The molecule has 2 aromatic carbocycles. The van der Waals surface area contributed by atoms with E-state index in [1.807, 2.05) is 41.1 Å². The fourth-order valence-corrected chi connectivity index (χ4v) is 2.32. The molecule has 0 saturated carbocycles. The quantitative estimate of drug-likeness (QED) is 0.588. The smallest absolute Gasteiger partial charge is 0.337 e. The molecule has 0 unspecified atom stereocenters. The number of hydrogen-bond donors (Lipinski definition) is 1. The minimum absolute atomic E-state index is 0.223. The Hall–Kier alpha value is -3.34. The summed E-state index contributed by atoms with van der Waals surface area (Å²) < 4.78 is 6.66. The molecule has 0 fully saturated rings. The van der Waals surface area contributed by atoms with Gasteiger partial charge in [0, 0.05) is 11.9 Å². The highest BCUT2D eigenvalue weighted by Gasteiger charge is 2.05. The van der Waals surface area contributed by atoms with Crippen LogP contribution in [0.5, 0.6) is 5.75 Å². The number of carbonyl (C=O) groups is 1. The molecule has 1 aromatic heterocycles. The van der Waals surface area contributed by atoms with E-state index >= 15 is 0 Å². The lowest BCUT2D eigenvalue weighted by Crippen LogP contribution is -2.00. The van der Waals surface area contributed by atoms with Gasteiger partial charge in [0.1, 0.15) is 5.75 Å². The fraction of sp³-hybridized carbons (Fsp3) is 0.0526. The molecular weight excluding hydrogens is 304 g/mol. The Morgan fingerprint density at radius 1 is 1.12 bits per heavy atom. The second-order valence-electron chi connectivity index (χ2n) is 5.12. The Balaban J connectivity index is 1.87. The van der Waals surface area contributed by atoms with Gasteiger partial charge in [-0.2, -0.15) is 0 Å². The number of aliphatic imine (C=N–C) groups is 1. The molecule has 0 atom stereocenters. The maximum Gasteiger partial charge on any atom is 0.337 e. The number of carbonyl (C=O) groups excluding carboxylic acids is 1. The van der Waals surface area contributed by atoms with Gasteiger partial charge in [0.05, 0.1) is 30.3 Å². The van der Waals surface area contributed by atoms with Crippen LogP contribution in [0.2, 0.25) is 0 Å². The summed E-state index contributed by atoms with van der Waals surface area (Å²) in [7, 11) is 1.35. The largest absolute Gasteiger partial charge is 0.508 e. The van der Waals surface area contributed by atoms with Gasteiger partial charge in [0.25, 0.3) is 0 Å². The highest BCUT2D eigenvalue weighted by atomic mass is 16.5. The van der Waals surface area contributed by atoms with Gasteiger partial charge >= 0.3 is 5.97 Å². The van der Waals surface area contributed by atoms with E-state index in [4.69, 9.17) is 4.74 Å². The third-order valence-electron chi connectivity index (χ3n) is 3.52. The first-order valence-corrected chi connectivity index (χ1v) is 7.36. The molecule has 3 rings (SSSR count). The minimum atomic E-state index is -0.389. The van der Waals surface area contributed by atoms with E-state index in [1.54, 1.807) is 36.5 Å². The van der Waals surface area contributed by atoms with Crippen LogP contribution >= 0.6 is 0 Å². The summed E-state index contributed by atoms with van der Waals surface area (Å²) in [4.78, 5) is 16.0. The molecule has 0 bridgehead atoms. The van der Waals surface area contributed by atoms with Gasteiger partial charge in [0.2, 0.25) is 0 Å². The molecule has 3 aromatic rings. The lowest BCUT2D eigenvalue weighted by molar-refractivity contribution is 0.0601. The van der Waals surface area contributed by atoms with E-state index in [2.05, 4.69) is 4.99 Å². The van der Waals surface area contributed by atoms with Gasteiger partial charge in [-0.1, -0.05) is 6.07 Å². The number of benzene rings is 2. The highest BCUT2D eigenvalue weighted by Crippen LogP contribution is 2.18. The molecular formula is C19H16N2O3. The van der Waals surface area contributed by atoms with E-state index in [9.17, 15) is 9.90 Å². The summed E-state index contributed by atoms with van der Waals surface area (Å²) in [5.41, 5.74) is 2.92. The maximum absolute atomic E-state index is 11.6. The number of aromatic hydroxyl groups is 1. The van der Waals surface area contributed by atoms with E-state index in [0.29, 0.717) is 11.3 Å². The van der Waals surface area contributed by atoms with Crippen molar-refractivity contribution in [3.8, 4) is 11.4 Å². The minimum Gasteiger partial charge on any atom is -0.508 e. The molecule has 5 heteroatoms. The summed E-state index contributed by atoms with van der Waals surface area (Å²) in [5, 5.41) is 9.39. The van der Waals surface area contributed by atoms with E-state index in [-0.39, 0.29) is 11.7 Å². The van der Waals surface area contributed by atoms with Gasteiger partial charge in [0.15, 0.2) is 0 Å². The van der Waals surface area contributed by atoms with Crippen molar-refractivity contribution in [1.29, 1.82) is 0 Å². The molecule has 0 spiro atoms. The Labute approximate surface area is 139 Å². The molecule has 0 amide bonds. The van der Waals surface area contributed by atoms with Crippen molar-refractivity contribution in [3.05, 3.63) is 78.1 Å². The average Bonchev–Trinajstić information content (AvgIpc) is 3.08. The van der Waals surface area contributed by atoms with Crippen LogP contribution in [-0.2, 0) is 4.74 Å². The highest BCUT2D eigenvalue weighted by molar-refractivity contribution is 5.90. The van der Waals surface area contributed by atoms with Crippen molar-refractivity contribution >= 4 is 17.9 Å². The van der Waals surface area contributed by atoms with Crippen LogP contribution in [0.3, 0.4) is 0 Å². The Kier molecular flexibility index (Phi) is 4.43. The van der Waals surface area contributed by atoms with Crippen LogP contribution in [0.15, 0.2) is 71.9 Å². The van der Waals surface area contributed by atoms with Crippen molar-refractivity contribution in [2.24, 2.45) is 4.99 Å². The van der Waals surface area contributed by atoms with Crippen LogP contribution in [0.25, 0.3) is 5.69 Å². The molecule has 24 heavy (non-hydrogen) atoms. The number of hydrogen-bond acceptors (Lipinski definition) is 4. The summed E-state index contributed by atoms with van der Waals surface area (Å²) in [5.74, 6) is -0.166. The Morgan fingerprint density at radius 3 is 2.67 bits per heavy atom. The summed E-state index contributed by atoms with van der Waals surface area (Å²) >= 11 is 0. The molecule has 0 aliphatic heterocycles. The van der Waals surface area contributed by atoms with Gasteiger partial charge in [-0.05, 0) is 54.6 Å². The molecule has 0 aliphatic rings. The molecule has 0 aliphatic carbocycles. The fourth-order valence-electron chi connectivity index (χ4n) is 2.32.